The zero-order valence-corrected chi connectivity index (χ0v) is 20.7. The molecule has 5 nitrogen and oxygen atoms in total. The summed E-state index contributed by atoms with van der Waals surface area (Å²) in [6, 6.07) is 18.7. The van der Waals surface area contributed by atoms with Crippen molar-refractivity contribution in [3.63, 3.8) is 0 Å². The third kappa shape index (κ3) is 6.10. The molecule has 0 saturated heterocycles. The van der Waals surface area contributed by atoms with Crippen molar-refractivity contribution in [1.29, 1.82) is 0 Å². The van der Waals surface area contributed by atoms with Crippen LogP contribution in [0, 0.1) is 0 Å². The van der Waals surface area contributed by atoms with Crippen molar-refractivity contribution in [1.82, 2.24) is 5.32 Å². The van der Waals surface area contributed by atoms with Gasteiger partial charge in [0.15, 0.2) is 0 Å². The molecule has 1 aliphatic rings. The Morgan fingerprint density at radius 2 is 1.30 bits per heavy atom. The van der Waals surface area contributed by atoms with Crippen molar-refractivity contribution in [3.05, 3.63) is 101 Å². The molecule has 1 saturated carbocycles. The summed E-state index contributed by atoms with van der Waals surface area (Å²) in [6.07, 6.45) is 5.81. The number of nitrogens with one attached hydrogen (secondary N) is 1. The summed E-state index contributed by atoms with van der Waals surface area (Å²) in [4.78, 5) is 23.8. The van der Waals surface area contributed by atoms with Crippen molar-refractivity contribution in [2.75, 3.05) is 0 Å². The molecule has 1 unspecified atom stereocenters. The normalized spacial score (nSPS) is 16.1. The molecule has 3 aromatic carbocycles. The van der Waals surface area contributed by atoms with Gasteiger partial charge < -0.3 is 16.2 Å². The Labute approximate surface area is 217 Å². The molecule has 0 heterocycles. The van der Waals surface area contributed by atoms with Gasteiger partial charge in [-0.25, -0.2) is 9.59 Å². The Bertz CT molecular complexity index is 1240. The van der Waals surface area contributed by atoms with Gasteiger partial charge in [0, 0.05) is 4.90 Å². The Hall–Kier alpha value is -3.46. The van der Waals surface area contributed by atoms with E-state index in [1.165, 1.54) is 61.2 Å². The van der Waals surface area contributed by atoms with Crippen LogP contribution in [0.25, 0.3) is 0 Å². The third-order valence-electron chi connectivity index (χ3n) is 6.82. The van der Waals surface area contributed by atoms with E-state index < -0.39 is 23.0 Å². The number of hydrogen-bond donors (Lipinski definition) is 3. The van der Waals surface area contributed by atoms with Crippen LogP contribution in [0.4, 0.5) is 18.0 Å². The van der Waals surface area contributed by atoms with Gasteiger partial charge in [0.2, 0.25) is 0 Å². The number of carboxylic acid groups (broad SMARTS) is 1. The molecule has 0 aromatic heterocycles. The summed E-state index contributed by atoms with van der Waals surface area (Å²) in [5.74, 6) is -0.653. The molecule has 2 amide bonds. The topological polar surface area (TPSA) is 92.4 Å². The zero-order valence-electron chi connectivity index (χ0n) is 19.9. The van der Waals surface area contributed by atoms with E-state index in [1.807, 2.05) is 24.3 Å². The molecule has 1 fully saturated rings. The number of amides is 2. The lowest BCUT2D eigenvalue weighted by Gasteiger charge is -2.36. The third-order valence-corrected chi connectivity index (χ3v) is 7.56. The summed E-state index contributed by atoms with van der Waals surface area (Å²) in [6.45, 7) is 0. The number of nitrogens with two attached hydrogens (primary N) is 1. The Kier molecular flexibility index (Phi) is 7.82. The molecular formula is C28H27F3N2O3S. The Balaban J connectivity index is 1.85. The lowest BCUT2D eigenvalue weighted by atomic mass is 9.75. The molecule has 0 bridgehead atoms. The van der Waals surface area contributed by atoms with Crippen LogP contribution in [0.5, 0.6) is 0 Å². The lowest BCUT2D eigenvalue weighted by Crippen LogP contribution is -2.50. The van der Waals surface area contributed by atoms with Crippen LogP contribution >= 0.6 is 11.8 Å². The second kappa shape index (κ2) is 10.9. The van der Waals surface area contributed by atoms with Crippen LogP contribution < -0.4 is 11.1 Å². The molecule has 0 radical (unpaired) electrons. The minimum atomic E-state index is -4.44. The smallest absolute Gasteiger partial charge is 0.446 e. The van der Waals surface area contributed by atoms with Gasteiger partial charge in [-0.15, -0.1) is 0 Å². The first-order chi connectivity index (χ1) is 17.6. The fourth-order valence-corrected chi connectivity index (χ4v) is 5.65. The minimum Gasteiger partial charge on any atom is -0.478 e. The fraction of sp³-hybridized carbons (Fsp3) is 0.286. The summed E-state index contributed by atoms with van der Waals surface area (Å²) >= 11 is -0.229. The molecule has 37 heavy (non-hydrogen) atoms. The first-order valence-corrected chi connectivity index (χ1v) is 12.8. The maximum absolute atomic E-state index is 12.9. The monoisotopic (exact) mass is 528 g/mol. The number of halogens is 3. The van der Waals surface area contributed by atoms with Gasteiger partial charge in [0.25, 0.3) is 0 Å². The van der Waals surface area contributed by atoms with E-state index in [9.17, 15) is 27.9 Å². The predicted molar refractivity (Wildman–Crippen MR) is 137 cm³/mol. The average Bonchev–Trinajstić information content (AvgIpc) is 2.87. The second-order valence-electron chi connectivity index (χ2n) is 9.15. The molecule has 1 atom stereocenters. The Morgan fingerprint density at radius 3 is 1.76 bits per heavy atom. The van der Waals surface area contributed by atoms with Crippen LogP contribution in [0.15, 0.2) is 77.7 Å². The van der Waals surface area contributed by atoms with Crippen molar-refractivity contribution in [2.24, 2.45) is 5.73 Å². The van der Waals surface area contributed by atoms with E-state index in [1.54, 1.807) is 12.1 Å². The summed E-state index contributed by atoms with van der Waals surface area (Å²) in [5.41, 5.74) is 2.71. The number of rotatable bonds is 7. The SMILES string of the molecule is NC(=O)NC(c1ccc(SC(F)(F)F)cc1)(c1ccc(C(=O)O)cc1)c1ccc(C2CCCCC2)cc1. The van der Waals surface area contributed by atoms with Gasteiger partial charge in [-0.3, -0.25) is 0 Å². The number of carboxylic acids is 1. The van der Waals surface area contributed by atoms with E-state index in [2.05, 4.69) is 5.32 Å². The van der Waals surface area contributed by atoms with E-state index in [0.717, 1.165) is 12.8 Å². The van der Waals surface area contributed by atoms with Crippen molar-refractivity contribution < 1.29 is 27.9 Å². The molecular weight excluding hydrogens is 501 g/mol. The highest BCUT2D eigenvalue weighted by atomic mass is 32.2. The molecule has 1 aliphatic carbocycles. The van der Waals surface area contributed by atoms with Crippen LogP contribution in [0.3, 0.4) is 0 Å². The van der Waals surface area contributed by atoms with Crippen molar-refractivity contribution >= 4 is 23.8 Å². The first-order valence-electron chi connectivity index (χ1n) is 12.0. The summed E-state index contributed by atoms with van der Waals surface area (Å²) < 4.78 is 38.7. The van der Waals surface area contributed by atoms with Gasteiger partial charge >= 0.3 is 17.5 Å². The Morgan fingerprint density at radius 1 is 0.811 bits per heavy atom. The number of benzene rings is 3. The fourth-order valence-electron chi connectivity index (χ4n) is 5.11. The lowest BCUT2D eigenvalue weighted by molar-refractivity contribution is -0.0328. The van der Waals surface area contributed by atoms with Gasteiger partial charge in [-0.1, -0.05) is 67.8 Å². The molecule has 3 aromatic rings. The molecule has 9 heteroatoms. The van der Waals surface area contributed by atoms with Gasteiger partial charge in [-0.2, -0.15) is 13.2 Å². The number of carbonyl (C=O) groups excluding carboxylic acids is 1. The highest BCUT2D eigenvalue weighted by Gasteiger charge is 2.38. The van der Waals surface area contributed by atoms with E-state index >= 15 is 0 Å². The van der Waals surface area contributed by atoms with Crippen LogP contribution in [-0.2, 0) is 5.54 Å². The standard InChI is InChI=1S/C28H27F3N2O3S/c29-28(30,31)37-24-16-14-23(15-17-24)27(33-26(32)36,22-12-8-20(9-13-22)25(34)35)21-10-6-19(7-11-21)18-4-2-1-3-5-18/h6-18H,1-5H2,(H,34,35)(H3,32,33,36). The van der Waals surface area contributed by atoms with E-state index in [0.29, 0.717) is 22.6 Å². The predicted octanol–water partition coefficient (Wildman–Crippen LogP) is 7.00. The number of carbonyl (C=O) groups is 2. The van der Waals surface area contributed by atoms with Crippen LogP contribution in [-0.4, -0.2) is 22.6 Å². The second-order valence-corrected chi connectivity index (χ2v) is 10.3. The average molecular weight is 529 g/mol. The summed E-state index contributed by atoms with van der Waals surface area (Å²) in [7, 11) is 0. The molecule has 4 rings (SSSR count). The molecule has 4 N–H and O–H groups in total. The molecule has 0 aliphatic heterocycles. The number of hydrogen-bond acceptors (Lipinski definition) is 3. The number of thioether (sulfide) groups is 1. The maximum Gasteiger partial charge on any atom is 0.446 e. The largest absolute Gasteiger partial charge is 0.478 e. The highest BCUT2D eigenvalue weighted by Crippen LogP contribution is 2.41. The molecule has 0 spiro atoms. The quantitative estimate of drug-likeness (QED) is 0.227. The van der Waals surface area contributed by atoms with Crippen molar-refractivity contribution in [3.8, 4) is 0 Å². The first kappa shape index (κ1) is 26.6. The van der Waals surface area contributed by atoms with Gasteiger partial charge in [0.05, 0.1) is 5.56 Å². The number of urea groups is 1. The maximum atomic E-state index is 12.9. The van der Waals surface area contributed by atoms with Crippen LogP contribution in [0.2, 0.25) is 0 Å². The van der Waals surface area contributed by atoms with Gasteiger partial charge in [-0.05, 0) is 77.0 Å². The van der Waals surface area contributed by atoms with Gasteiger partial charge in [0.1, 0.15) is 5.54 Å². The molecule has 194 valence electrons. The number of aromatic carboxylic acids is 1. The van der Waals surface area contributed by atoms with Crippen molar-refractivity contribution in [2.45, 2.75) is 54.0 Å². The number of alkyl halides is 3. The zero-order chi connectivity index (χ0) is 26.6. The van der Waals surface area contributed by atoms with E-state index in [4.69, 9.17) is 5.73 Å². The minimum absolute atomic E-state index is 0.00176. The van der Waals surface area contributed by atoms with Crippen LogP contribution in [0.1, 0.15) is 70.6 Å². The summed E-state index contributed by atoms with van der Waals surface area (Å²) in [5, 5.41) is 12.2. The number of primary amides is 1. The highest BCUT2D eigenvalue weighted by molar-refractivity contribution is 8.00. The van der Waals surface area contributed by atoms with E-state index in [-0.39, 0.29) is 22.2 Å².